The average molecular weight is 335 g/mol. The molecule has 1 saturated carbocycles. The van der Waals surface area contributed by atoms with Gasteiger partial charge in [0.05, 0.1) is 29.4 Å². The van der Waals surface area contributed by atoms with E-state index in [1.807, 2.05) is 0 Å². The Morgan fingerprint density at radius 2 is 2.12 bits per heavy atom. The SMILES string of the molecule is N#Cc1ccc(NC2CCCC(n3ccnn3)C2)cc1C(F)(F)F. The number of benzene rings is 1. The van der Waals surface area contributed by atoms with Gasteiger partial charge in [-0.25, -0.2) is 4.68 Å². The van der Waals surface area contributed by atoms with Crippen LogP contribution >= 0.6 is 0 Å². The fourth-order valence-electron chi connectivity index (χ4n) is 3.15. The van der Waals surface area contributed by atoms with Crippen LogP contribution in [0.1, 0.15) is 42.9 Å². The van der Waals surface area contributed by atoms with Crippen LogP contribution in [0.3, 0.4) is 0 Å². The maximum absolute atomic E-state index is 13.0. The third-order valence-corrected chi connectivity index (χ3v) is 4.28. The molecule has 2 atom stereocenters. The van der Waals surface area contributed by atoms with E-state index < -0.39 is 11.7 Å². The van der Waals surface area contributed by atoms with Gasteiger partial charge in [0.15, 0.2) is 0 Å². The lowest BCUT2D eigenvalue weighted by molar-refractivity contribution is -0.137. The highest BCUT2D eigenvalue weighted by Crippen LogP contribution is 2.35. The molecule has 0 aliphatic heterocycles. The molecule has 1 aliphatic rings. The molecule has 5 nitrogen and oxygen atoms in total. The first-order chi connectivity index (χ1) is 11.5. The van der Waals surface area contributed by atoms with Crippen LogP contribution in [0.25, 0.3) is 0 Å². The summed E-state index contributed by atoms with van der Waals surface area (Å²) in [5.41, 5.74) is -0.888. The molecule has 0 radical (unpaired) electrons. The fourth-order valence-corrected chi connectivity index (χ4v) is 3.15. The highest BCUT2D eigenvalue weighted by Gasteiger charge is 2.34. The van der Waals surface area contributed by atoms with E-state index in [9.17, 15) is 13.2 Å². The second-order valence-electron chi connectivity index (χ2n) is 5.91. The van der Waals surface area contributed by atoms with Crippen molar-refractivity contribution in [1.82, 2.24) is 15.0 Å². The minimum Gasteiger partial charge on any atom is -0.382 e. The van der Waals surface area contributed by atoms with Crippen molar-refractivity contribution in [2.45, 2.75) is 43.9 Å². The van der Waals surface area contributed by atoms with Crippen LogP contribution in [0.15, 0.2) is 30.6 Å². The molecule has 126 valence electrons. The number of nitrogens with one attached hydrogen (secondary N) is 1. The van der Waals surface area contributed by atoms with Gasteiger partial charge in [0.2, 0.25) is 0 Å². The third kappa shape index (κ3) is 3.50. The van der Waals surface area contributed by atoms with Crippen molar-refractivity contribution < 1.29 is 13.2 Å². The topological polar surface area (TPSA) is 66.5 Å². The molecule has 8 heteroatoms. The molecule has 2 aromatic rings. The van der Waals surface area contributed by atoms with E-state index in [0.717, 1.165) is 31.7 Å². The van der Waals surface area contributed by atoms with Crippen molar-refractivity contribution in [3.8, 4) is 6.07 Å². The number of nitrogens with zero attached hydrogens (tertiary/aromatic N) is 4. The molecule has 1 fully saturated rings. The first-order valence-electron chi connectivity index (χ1n) is 7.71. The Morgan fingerprint density at radius 3 is 2.79 bits per heavy atom. The Bertz CT molecular complexity index is 733. The van der Waals surface area contributed by atoms with Gasteiger partial charge in [0.1, 0.15) is 0 Å². The number of hydrogen-bond acceptors (Lipinski definition) is 4. The number of anilines is 1. The average Bonchev–Trinajstić information content (AvgIpc) is 3.09. The van der Waals surface area contributed by atoms with Crippen LogP contribution in [0, 0.1) is 11.3 Å². The highest BCUT2D eigenvalue weighted by atomic mass is 19.4. The zero-order valence-electron chi connectivity index (χ0n) is 12.8. The molecule has 1 N–H and O–H groups in total. The van der Waals surface area contributed by atoms with Crippen LogP contribution in [-0.2, 0) is 6.18 Å². The van der Waals surface area contributed by atoms with E-state index >= 15 is 0 Å². The van der Waals surface area contributed by atoms with Gasteiger partial charge in [0, 0.05) is 17.9 Å². The molecule has 24 heavy (non-hydrogen) atoms. The lowest BCUT2D eigenvalue weighted by Gasteiger charge is -2.30. The molecule has 0 amide bonds. The van der Waals surface area contributed by atoms with E-state index in [2.05, 4.69) is 15.6 Å². The van der Waals surface area contributed by atoms with Gasteiger partial charge >= 0.3 is 6.18 Å². The minimum atomic E-state index is -4.54. The zero-order chi connectivity index (χ0) is 17.2. The molecule has 0 saturated heterocycles. The van der Waals surface area contributed by atoms with Crippen LogP contribution in [0.4, 0.5) is 18.9 Å². The Hall–Kier alpha value is -2.56. The first kappa shape index (κ1) is 16.3. The molecule has 2 unspecified atom stereocenters. The van der Waals surface area contributed by atoms with E-state index in [1.54, 1.807) is 23.1 Å². The second-order valence-corrected chi connectivity index (χ2v) is 5.91. The molecule has 0 spiro atoms. The van der Waals surface area contributed by atoms with Gasteiger partial charge in [-0.2, -0.15) is 18.4 Å². The van der Waals surface area contributed by atoms with Gasteiger partial charge < -0.3 is 5.32 Å². The summed E-state index contributed by atoms with van der Waals surface area (Å²) in [5.74, 6) is 0. The van der Waals surface area contributed by atoms with Crippen molar-refractivity contribution in [1.29, 1.82) is 5.26 Å². The largest absolute Gasteiger partial charge is 0.417 e. The van der Waals surface area contributed by atoms with E-state index in [1.165, 1.54) is 12.1 Å². The van der Waals surface area contributed by atoms with Crippen LogP contribution < -0.4 is 5.32 Å². The second kappa shape index (κ2) is 6.51. The zero-order valence-corrected chi connectivity index (χ0v) is 12.8. The van der Waals surface area contributed by atoms with Gasteiger partial charge in [-0.05, 0) is 43.9 Å². The summed E-state index contributed by atoms with van der Waals surface area (Å²) in [6, 6.07) is 5.59. The molecule has 1 aromatic heterocycles. The summed E-state index contributed by atoms with van der Waals surface area (Å²) < 4.78 is 40.9. The summed E-state index contributed by atoms with van der Waals surface area (Å²) in [4.78, 5) is 0. The molecular formula is C16H16F3N5. The summed E-state index contributed by atoms with van der Waals surface area (Å²) in [7, 11) is 0. The van der Waals surface area contributed by atoms with Gasteiger partial charge in [-0.1, -0.05) is 5.21 Å². The minimum absolute atomic E-state index is 0.0574. The molecule has 0 bridgehead atoms. The fraction of sp³-hybridized carbons (Fsp3) is 0.438. The van der Waals surface area contributed by atoms with Crippen molar-refractivity contribution in [3.05, 3.63) is 41.7 Å². The number of hydrogen-bond donors (Lipinski definition) is 1. The maximum Gasteiger partial charge on any atom is 0.417 e. The molecule has 1 heterocycles. The number of nitriles is 1. The third-order valence-electron chi connectivity index (χ3n) is 4.28. The first-order valence-corrected chi connectivity index (χ1v) is 7.71. The number of halogens is 3. The quantitative estimate of drug-likeness (QED) is 0.927. The summed E-state index contributed by atoms with van der Waals surface area (Å²) >= 11 is 0. The van der Waals surface area contributed by atoms with Crippen LogP contribution in [0.5, 0.6) is 0 Å². The normalized spacial score (nSPS) is 21.2. The van der Waals surface area contributed by atoms with Crippen molar-refractivity contribution >= 4 is 5.69 Å². The molecule has 1 aromatic carbocycles. The Labute approximate surface area is 137 Å². The lowest BCUT2D eigenvalue weighted by atomic mass is 9.90. The van der Waals surface area contributed by atoms with Crippen molar-refractivity contribution in [3.63, 3.8) is 0 Å². The number of alkyl halides is 3. The molecule has 3 rings (SSSR count). The predicted molar refractivity (Wildman–Crippen MR) is 81.1 cm³/mol. The number of rotatable bonds is 3. The predicted octanol–water partition coefficient (Wildman–Crippen LogP) is 3.76. The van der Waals surface area contributed by atoms with Crippen molar-refractivity contribution in [2.75, 3.05) is 5.32 Å². The van der Waals surface area contributed by atoms with Crippen molar-refractivity contribution in [2.24, 2.45) is 0 Å². The van der Waals surface area contributed by atoms with E-state index in [-0.39, 0.29) is 17.6 Å². The molecule has 1 aliphatic carbocycles. The van der Waals surface area contributed by atoms with Gasteiger partial charge in [-0.3, -0.25) is 0 Å². The monoisotopic (exact) mass is 335 g/mol. The Balaban J connectivity index is 1.75. The lowest BCUT2D eigenvalue weighted by Crippen LogP contribution is -2.29. The Morgan fingerprint density at radius 1 is 1.29 bits per heavy atom. The van der Waals surface area contributed by atoms with Gasteiger partial charge in [-0.15, -0.1) is 5.10 Å². The number of aromatic nitrogens is 3. The Kier molecular flexibility index (Phi) is 4.42. The van der Waals surface area contributed by atoms with Crippen LogP contribution in [-0.4, -0.2) is 21.0 Å². The summed E-state index contributed by atoms with van der Waals surface area (Å²) in [5, 5.41) is 19.8. The van der Waals surface area contributed by atoms with E-state index in [4.69, 9.17) is 5.26 Å². The smallest absolute Gasteiger partial charge is 0.382 e. The van der Waals surface area contributed by atoms with E-state index in [0.29, 0.717) is 5.69 Å². The molecular weight excluding hydrogens is 319 g/mol. The highest BCUT2D eigenvalue weighted by molar-refractivity contribution is 5.53. The summed E-state index contributed by atoms with van der Waals surface area (Å²) in [6.07, 6.45) is 2.47. The standard InChI is InChI=1S/C16H16F3N5/c17-16(18,19)15-9-13(5-4-11(15)10-20)22-12-2-1-3-14(8-12)24-7-6-21-23-24/h4-7,9,12,14,22H,1-3,8H2. The summed E-state index contributed by atoms with van der Waals surface area (Å²) in [6.45, 7) is 0. The maximum atomic E-state index is 13.0. The van der Waals surface area contributed by atoms with Crippen LogP contribution in [0.2, 0.25) is 0 Å². The van der Waals surface area contributed by atoms with Gasteiger partial charge in [0.25, 0.3) is 0 Å².